The van der Waals surface area contributed by atoms with Crippen LogP contribution in [0.1, 0.15) is 21.7 Å². The molecule has 0 fully saturated rings. The van der Waals surface area contributed by atoms with Crippen LogP contribution in [-0.4, -0.2) is 15.6 Å². The van der Waals surface area contributed by atoms with Gasteiger partial charge in [-0.2, -0.15) is 5.26 Å². The number of aromatic nitrogens is 1. The van der Waals surface area contributed by atoms with Crippen molar-refractivity contribution in [1.29, 1.82) is 5.26 Å². The highest BCUT2D eigenvalue weighted by Crippen LogP contribution is 2.33. The van der Waals surface area contributed by atoms with E-state index in [2.05, 4.69) is 6.07 Å². The summed E-state index contributed by atoms with van der Waals surface area (Å²) in [5.74, 6) is -1.04. The van der Waals surface area contributed by atoms with Crippen molar-refractivity contribution in [3.8, 4) is 28.3 Å². The number of aromatic carboxylic acids is 1. The van der Waals surface area contributed by atoms with Gasteiger partial charge in [0.1, 0.15) is 11.8 Å². The number of nitrogens with zero attached hydrogens (tertiary/aromatic N) is 2. The van der Waals surface area contributed by atoms with Crippen molar-refractivity contribution in [3.63, 3.8) is 0 Å². The molecule has 0 unspecified atom stereocenters. The Morgan fingerprint density at radius 3 is 2.08 bits per heavy atom. The van der Waals surface area contributed by atoms with Gasteiger partial charge in [-0.05, 0) is 23.6 Å². The zero-order chi connectivity index (χ0) is 17.3. The number of hydrogen-bond donors (Lipinski definition) is 1. The summed E-state index contributed by atoms with van der Waals surface area (Å²) in [6, 6.07) is 19.7. The van der Waals surface area contributed by atoms with E-state index in [0.717, 1.165) is 16.7 Å². The Bertz CT molecular complexity index is 946. The van der Waals surface area contributed by atoms with Crippen LogP contribution in [0.25, 0.3) is 22.3 Å². The highest BCUT2D eigenvalue weighted by atomic mass is 16.4. The molecule has 0 saturated carbocycles. The third-order valence-electron chi connectivity index (χ3n) is 4.28. The molecule has 3 rings (SSSR count). The van der Waals surface area contributed by atoms with Crippen molar-refractivity contribution in [2.24, 2.45) is 7.05 Å². The molecule has 1 heterocycles. The van der Waals surface area contributed by atoms with Gasteiger partial charge in [0, 0.05) is 18.3 Å². The molecule has 4 heteroatoms. The average Bonchev–Trinajstić information content (AvgIpc) is 2.87. The lowest BCUT2D eigenvalue weighted by atomic mass is 9.97. The van der Waals surface area contributed by atoms with E-state index in [1.165, 1.54) is 0 Å². The molecule has 0 amide bonds. The van der Waals surface area contributed by atoms with Gasteiger partial charge < -0.3 is 9.67 Å². The Morgan fingerprint density at radius 1 is 1.00 bits per heavy atom. The molecule has 3 aromatic rings. The van der Waals surface area contributed by atoms with E-state index in [4.69, 9.17) is 0 Å². The van der Waals surface area contributed by atoms with Gasteiger partial charge in [0.25, 0.3) is 0 Å². The van der Waals surface area contributed by atoms with Gasteiger partial charge >= 0.3 is 5.97 Å². The van der Waals surface area contributed by atoms with E-state index in [1.807, 2.05) is 54.6 Å². The molecule has 1 aromatic heterocycles. The van der Waals surface area contributed by atoms with Crippen molar-refractivity contribution < 1.29 is 9.90 Å². The first kappa shape index (κ1) is 15.6. The largest absolute Gasteiger partial charge is 0.477 e. The fourth-order valence-electron chi connectivity index (χ4n) is 2.93. The number of carboxylic acid groups (broad SMARTS) is 1. The molecule has 24 heavy (non-hydrogen) atoms. The first-order valence-corrected chi connectivity index (χ1v) is 7.53. The molecule has 0 atom stereocenters. The maximum absolute atomic E-state index is 11.7. The molecule has 4 nitrogen and oxygen atoms in total. The predicted octanol–water partition coefficient (Wildman–Crippen LogP) is 4.24. The summed E-state index contributed by atoms with van der Waals surface area (Å²) in [5.41, 5.74) is 4.53. The fourth-order valence-corrected chi connectivity index (χ4v) is 2.93. The Hall–Kier alpha value is -3.32. The second kappa shape index (κ2) is 6.05. The lowest BCUT2D eigenvalue weighted by molar-refractivity contribution is 0.0687. The molecule has 118 valence electrons. The monoisotopic (exact) mass is 316 g/mol. The van der Waals surface area contributed by atoms with Gasteiger partial charge in [0.2, 0.25) is 0 Å². The summed E-state index contributed by atoms with van der Waals surface area (Å²) < 4.78 is 1.56. The van der Waals surface area contributed by atoms with Gasteiger partial charge in [-0.15, -0.1) is 0 Å². The van der Waals surface area contributed by atoms with Gasteiger partial charge in [-0.25, -0.2) is 4.79 Å². The number of benzene rings is 2. The Morgan fingerprint density at radius 2 is 1.54 bits per heavy atom. The normalized spacial score (nSPS) is 10.4. The second-order valence-corrected chi connectivity index (χ2v) is 5.60. The van der Waals surface area contributed by atoms with E-state index >= 15 is 0 Å². The Balaban J connectivity index is 2.15. The van der Waals surface area contributed by atoms with Crippen LogP contribution in [-0.2, 0) is 7.05 Å². The smallest absolute Gasteiger partial charge is 0.353 e. The maximum Gasteiger partial charge on any atom is 0.353 e. The van der Waals surface area contributed by atoms with Crippen molar-refractivity contribution in [1.82, 2.24) is 4.57 Å². The number of hydrogen-bond acceptors (Lipinski definition) is 2. The number of carboxylic acids is 1. The Kier molecular flexibility index (Phi) is 3.93. The first-order chi connectivity index (χ1) is 11.5. The first-order valence-electron chi connectivity index (χ1n) is 7.53. The lowest BCUT2D eigenvalue weighted by Gasteiger charge is -2.06. The summed E-state index contributed by atoms with van der Waals surface area (Å²) >= 11 is 0. The third kappa shape index (κ3) is 2.46. The average molecular weight is 316 g/mol. The van der Waals surface area contributed by atoms with E-state index in [9.17, 15) is 15.2 Å². The van der Waals surface area contributed by atoms with Gasteiger partial charge in [0.05, 0.1) is 5.56 Å². The van der Waals surface area contributed by atoms with Crippen LogP contribution in [0.15, 0.2) is 54.6 Å². The van der Waals surface area contributed by atoms with E-state index in [0.29, 0.717) is 16.8 Å². The molecule has 2 aromatic carbocycles. The van der Waals surface area contributed by atoms with Crippen molar-refractivity contribution in [3.05, 3.63) is 71.5 Å². The summed E-state index contributed by atoms with van der Waals surface area (Å²) in [5, 5.41) is 19.0. The minimum absolute atomic E-state index is 0.136. The SMILES string of the molecule is Cc1c(C#N)c(-c2ccc(-c3ccccc3)cc2)c(C(=O)O)n1C. The minimum Gasteiger partial charge on any atom is -0.477 e. The highest BCUT2D eigenvalue weighted by Gasteiger charge is 2.24. The topological polar surface area (TPSA) is 66.0 Å². The molecule has 0 aliphatic rings. The summed E-state index contributed by atoms with van der Waals surface area (Å²) in [6.07, 6.45) is 0. The van der Waals surface area contributed by atoms with Gasteiger partial charge in [-0.3, -0.25) is 0 Å². The summed E-state index contributed by atoms with van der Waals surface area (Å²) in [6.45, 7) is 1.76. The lowest BCUT2D eigenvalue weighted by Crippen LogP contribution is -2.06. The van der Waals surface area contributed by atoms with Crippen LogP contribution in [0, 0.1) is 18.3 Å². The molecule has 0 aliphatic carbocycles. The van der Waals surface area contributed by atoms with E-state index < -0.39 is 5.97 Å². The van der Waals surface area contributed by atoms with Crippen molar-refractivity contribution >= 4 is 5.97 Å². The Labute approximate surface area is 140 Å². The minimum atomic E-state index is -1.04. The van der Waals surface area contributed by atoms with Crippen molar-refractivity contribution in [2.75, 3.05) is 0 Å². The molecule has 0 saturated heterocycles. The zero-order valence-electron chi connectivity index (χ0n) is 13.4. The van der Waals surface area contributed by atoms with Crippen LogP contribution in [0.2, 0.25) is 0 Å². The maximum atomic E-state index is 11.7. The van der Waals surface area contributed by atoms with Crippen LogP contribution in [0.3, 0.4) is 0 Å². The van der Waals surface area contributed by atoms with E-state index in [1.54, 1.807) is 18.5 Å². The van der Waals surface area contributed by atoms with Crippen LogP contribution < -0.4 is 0 Å². The van der Waals surface area contributed by atoms with E-state index in [-0.39, 0.29) is 5.69 Å². The highest BCUT2D eigenvalue weighted by molar-refractivity contribution is 5.97. The number of nitriles is 1. The third-order valence-corrected chi connectivity index (χ3v) is 4.28. The van der Waals surface area contributed by atoms with Crippen LogP contribution in [0.4, 0.5) is 0 Å². The van der Waals surface area contributed by atoms with Crippen molar-refractivity contribution in [2.45, 2.75) is 6.92 Å². The molecule has 1 N–H and O–H groups in total. The molecular weight excluding hydrogens is 300 g/mol. The molecular formula is C20H16N2O2. The van der Waals surface area contributed by atoms with Gasteiger partial charge in [-0.1, -0.05) is 54.6 Å². The number of rotatable bonds is 3. The molecule has 0 spiro atoms. The molecule has 0 radical (unpaired) electrons. The standard InChI is InChI=1S/C20H16N2O2/c1-13-17(12-21)18(19(20(23)24)22(13)2)16-10-8-15(9-11-16)14-6-4-3-5-7-14/h3-11H,1-2H3,(H,23,24). The van der Waals surface area contributed by atoms with Crippen LogP contribution >= 0.6 is 0 Å². The van der Waals surface area contributed by atoms with Crippen LogP contribution in [0.5, 0.6) is 0 Å². The predicted molar refractivity (Wildman–Crippen MR) is 92.7 cm³/mol. The fraction of sp³-hybridized carbons (Fsp3) is 0.100. The summed E-state index contributed by atoms with van der Waals surface area (Å²) in [4.78, 5) is 11.7. The van der Waals surface area contributed by atoms with Gasteiger partial charge in [0.15, 0.2) is 0 Å². The quantitative estimate of drug-likeness (QED) is 0.786. The molecule has 0 aliphatic heterocycles. The summed E-state index contributed by atoms with van der Waals surface area (Å²) in [7, 11) is 1.67. The zero-order valence-corrected chi connectivity index (χ0v) is 13.4. The molecule has 0 bridgehead atoms. The number of carbonyl (C=O) groups is 1. The second-order valence-electron chi connectivity index (χ2n) is 5.60.